The standard InChI is InChI=1S/C18H21F3N4O/c1-12-6-7-16(22-11-12)23-17(26)14(10-13-4-2-3-5-13)25-9-8-15(24-25)18(19,20)21/h6-9,11,13-14H,2-5,10H2,1H3,(H,22,23,26). The first kappa shape index (κ1) is 18.4. The van der Waals surface area contributed by atoms with Gasteiger partial charge in [0.25, 0.3) is 0 Å². The molecule has 3 rings (SSSR count). The number of amides is 1. The summed E-state index contributed by atoms with van der Waals surface area (Å²) in [4.78, 5) is 16.9. The molecule has 1 fully saturated rings. The Bertz CT molecular complexity index is 749. The fourth-order valence-electron chi connectivity index (χ4n) is 3.31. The molecule has 26 heavy (non-hydrogen) atoms. The molecule has 0 aromatic carbocycles. The lowest BCUT2D eigenvalue weighted by Gasteiger charge is -2.20. The number of aryl methyl sites for hydroxylation is 1. The Labute approximate surface area is 149 Å². The van der Waals surface area contributed by atoms with Crippen LogP contribution in [-0.4, -0.2) is 20.7 Å². The maximum absolute atomic E-state index is 12.9. The van der Waals surface area contributed by atoms with E-state index in [1.165, 1.54) is 6.20 Å². The van der Waals surface area contributed by atoms with E-state index in [0.29, 0.717) is 18.2 Å². The van der Waals surface area contributed by atoms with Crippen LogP contribution in [0, 0.1) is 12.8 Å². The minimum Gasteiger partial charge on any atom is -0.309 e. The molecule has 5 nitrogen and oxygen atoms in total. The van der Waals surface area contributed by atoms with E-state index in [9.17, 15) is 18.0 Å². The minimum atomic E-state index is -4.53. The van der Waals surface area contributed by atoms with E-state index in [0.717, 1.165) is 42.0 Å². The Balaban J connectivity index is 1.81. The zero-order chi connectivity index (χ0) is 18.7. The van der Waals surface area contributed by atoms with Crippen molar-refractivity contribution in [2.75, 3.05) is 5.32 Å². The molecule has 0 saturated heterocycles. The molecule has 0 radical (unpaired) electrons. The van der Waals surface area contributed by atoms with E-state index in [-0.39, 0.29) is 0 Å². The van der Waals surface area contributed by atoms with Crippen molar-refractivity contribution in [2.45, 2.75) is 51.2 Å². The Morgan fingerprint density at radius 3 is 2.62 bits per heavy atom. The summed E-state index contributed by atoms with van der Waals surface area (Å²) >= 11 is 0. The van der Waals surface area contributed by atoms with Crippen molar-refractivity contribution in [1.82, 2.24) is 14.8 Å². The van der Waals surface area contributed by atoms with Crippen molar-refractivity contribution < 1.29 is 18.0 Å². The molecular weight excluding hydrogens is 345 g/mol. The fraction of sp³-hybridized carbons (Fsp3) is 0.500. The molecule has 1 N–H and O–H groups in total. The Kier molecular flexibility index (Phi) is 5.29. The smallest absolute Gasteiger partial charge is 0.309 e. The maximum atomic E-state index is 12.9. The predicted octanol–water partition coefficient (Wildman–Crippen LogP) is 4.37. The highest BCUT2D eigenvalue weighted by Crippen LogP contribution is 2.33. The van der Waals surface area contributed by atoms with Crippen LogP contribution in [0.3, 0.4) is 0 Å². The first-order chi connectivity index (χ1) is 12.3. The van der Waals surface area contributed by atoms with Gasteiger partial charge in [0, 0.05) is 12.4 Å². The Morgan fingerprint density at radius 1 is 1.31 bits per heavy atom. The molecule has 1 aliphatic carbocycles. The molecule has 0 aliphatic heterocycles. The van der Waals surface area contributed by atoms with E-state index in [1.807, 2.05) is 13.0 Å². The number of carbonyl (C=O) groups is 1. The van der Waals surface area contributed by atoms with E-state index in [4.69, 9.17) is 0 Å². The van der Waals surface area contributed by atoms with Crippen LogP contribution < -0.4 is 5.32 Å². The second kappa shape index (κ2) is 7.47. The topological polar surface area (TPSA) is 59.8 Å². The van der Waals surface area contributed by atoms with E-state index >= 15 is 0 Å². The highest BCUT2D eigenvalue weighted by Gasteiger charge is 2.35. The molecule has 2 heterocycles. The molecule has 140 valence electrons. The van der Waals surface area contributed by atoms with Crippen LogP contribution in [0.25, 0.3) is 0 Å². The number of nitrogens with zero attached hydrogens (tertiary/aromatic N) is 3. The van der Waals surface area contributed by atoms with E-state index in [2.05, 4.69) is 15.4 Å². The first-order valence-electron chi connectivity index (χ1n) is 8.69. The van der Waals surface area contributed by atoms with Gasteiger partial charge in [0.15, 0.2) is 5.69 Å². The van der Waals surface area contributed by atoms with Gasteiger partial charge in [0.1, 0.15) is 11.9 Å². The fourth-order valence-corrected chi connectivity index (χ4v) is 3.31. The van der Waals surface area contributed by atoms with Gasteiger partial charge < -0.3 is 5.32 Å². The van der Waals surface area contributed by atoms with Gasteiger partial charge >= 0.3 is 6.18 Å². The molecule has 2 aromatic rings. The molecule has 0 spiro atoms. The van der Waals surface area contributed by atoms with Crippen LogP contribution >= 0.6 is 0 Å². The molecule has 1 unspecified atom stereocenters. The Hall–Kier alpha value is -2.38. The minimum absolute atomic E-state index is 0.315. The largest absolute Gasteiger partial charge is 0.435 e. The van der Waals surface area contributed by atoms with Gasteiger partial charge in [-0.05, 0) is 37.0 Å². The number of anilines is 1. The first-order valence-corrected chi connectivity index (χ1v) is 8.69. The van der Waals surface area contributed by atoms with Crippen molar-refractivity contribution in [1.29, 1.82) is 0 Å². The monoisotopic (exact) mass is 366 g/mol. The number of alkyl halides is 3. The summed E-state index contributed by atoms with van der Waals surface area (Å²) in [5.74, 6) is 0.292. The van der Waals surface area contributed by atoms with Gasteiger partial charge in [-0.3, -0.25) is 9.48 Å². The maximum Gasteiger partial charge on any atom is 0.435 e. The molecular formula is C18H21F3N4O. The summed E-state index contributed by atoms with van der Waals surface area (Å²) in [6.45, 7) is 1.88. The normalized spacial score (nSPS) is 16.6. The second-order valence-electron chi connectivity index (χ2n) is 6.79. The number of carbonyl (C=O) groups excluding carboxylic acids is 1. The molecule has 2 aromatic heterocycles. The number of hydrogen-bond donors (Lipinski definition) is 1. The van der Waals surface area contributed by atoms with Crippen LogP contribution in [0.15, 0.2) is 30.6 Å². The summed E-state index contributed by atoms with van der Waals surface area (Å²) in [6.07, 6.45) is 2.94. The van der Waals surface area contributed by atoms with Crippen LogP contribution in [-0.2, 0) is 11.0 Å². The molecule has 1 amide bonds. The van der Waals surface area contributed by atoms with Gasteiger partial charge in [-0.2, -0.15) is 18.3 Å². The van der Waals surface area contributed by atoms with Crippen molar-refractivity contribution in [3.8, 4) is 0 Å². The number of pyridine rings is 1. The average molecular weight is 366 g/mol. The summed E-state index contributed by atoms with van der Waals surface area (Å²) in [6, 6.07) is 3.59. The molecule has 1 saturated carbocycles. The zero-order valence-corrected chi connectivity index (χ0v) is 14.5. The van der Waals surface area contributed by atoms with Gasteiger partial charge in [0.2, 0.25) is 5.91 Å². The third-order valence-corrected chi connectivity index (χ3v) is 4.71. The van der Waals surface area contributed by atoms with Crippen molar-refractivity contribution in [3.63, 3.8) is 0 Å². The lowest BCUT2D eigenvalue weighted by atomic mass is 9.98. The lowest BCUT2D eigenvalue weighted by Crippen LogP contribution is -2.29. The summed E-state index contributed by atoms with van der Waals surface area (Å²) in [7, 11) is 0. The number of nitrogens with one attached hydrogen (secondary N) is 1. The number of hydrogen-bond acceptors (Lipinski definition) is 3. The van der Waals surface area contributed by atoms with E-state index < -0.39 is 23.8 Å². The van der Waals surface area contributed by atoms with Gasteiger partial charge in [-0.25, -0.2) is 4.98 Å². The summed E-state index contributed by atoms with van der Waals surface area (Å²) < 4.78 is 39.7. The number of rotatable bonds is 5. The van der Waals surface area contributed by atoms with E-state index in [1.54, 1.807) is 12.3 Å². The highest BCUT2D eigenvalue weighted by molar-refractivity contribution is 5.92. The number of aromatic nitrogens is 3. The van der Waals surface area contributed by atoms with Crippen molar-refractivity contribution in [2.24, 2.45) is 5.92 Å². The highest BCUT2D eigenvalue weighted by atomic mass is 19.4. The van der Waals surface area contributed by atoms with Gasteiger partial charge in [-0.1, -0.05) is 31.7 Å². The number of halogens is 3. The molecule has 0 bridgehead atoms. The van der Waals surface area contributed by atoms with Gasteiger partial charge in [-0.15, -0.1) is 0 Å². The van der Waals surface area contributed by atoms with Gasteiger partial charge in [0.05, 0.1) is 0 Å². The van der Waals surface area contributed by atoms with Crippen LogP contribution in [0.4, 0.5) is 19.0 Å². The van der Waals surface area contributed by atoms with Crippen LogP contribution in [0.2, 0.25) is 0 Å². The predicted molar refractivity (Wildman–Crippen MR) is 90.4 cm³/mol. The quantitative estimate of drug-likeness (QED) is 0.855. The summed E-state index contributed by atoms with van der Waals surface area (Å²) in [5.41, 5.74) is -0.0393. The molecule has 1 atom stereocenters. The third kappa shape index (κ3) is 4.42. The van der Waals surface area contributed by atoms with Crippen LogP contribution in [0.5, 0.6) is 0 Å². The second-order valence-corrected chi connectivity index (χ2v) is 6.79. The molecule has 1 aliphatic rings. The zero-order valence-electron chi connectivity index (χ0n) is 14.5. The average Bonchev–Trinajstić information content (AvgIpc) is 3.25. The van der Waals surface area contributed by atoms with Crippen molar-refractivity contribution >= 4 is 11.7 Å². The third-order valence-electron chi connectivity index (χ3n) is 4.71. The summed E-state index contributed by atoms with van der Waals surface area (Å²) in [5, 5.41) is 6.31. The molecule has 8 heteroatoms. The van der Waals surface area contributed by atoms with Crippen LogP contribution in [0.1, 0.15) is 49.4 Å². The van der Waals surface area contributed by atoms with Crippen molar-refractivity contribution in [3.05, 3.63) is 41.9 Å². The SMILES string of the molecule is Cc1ccc(NC(=O)C(CC2CCCC2)n2ccc(C(F)(F)F)n2)nc1. The lowest BCUT2D eigenvalue weighted by molar-refractivity contribution is -0.142. The Morgan fingerprint density at radius 2 is 2.04 bits per heavy atom.